The molecule has 5 heteroatoms. The van der Waals surface area contributed by atoms with Gasteiger partial charge < -0.3 is 20.3 Å². The first kappa shape index (κ1) is 12.6. The van der Waals surface area contributed by atoms with Gasteiger partial charge in [0.2, 0.25) is 0 Å². The minimum absolute atomic E-state index is 0.138. The number of ether oxygens (including phenoxy) is 1. The van der Waals surface area contributed by atoms with Gasteiger partial charge in [0.15, 0.2) is 0 Å². The number of hydrogen-bond donors (Lipinski definition) is 1. The average Bonchev–Trinajstić information content (AvgIpc) is 2.86. The van der Waals surface area contributed by atoms with E-state index in [1.165, 1.54) is 6.42 Å². The summed E-state index contributed by atoms with van der Waals surface area (Å²) in [4.78, 5) is 16.1. The van der Waals surface area contributed by atoms with Crippen LogP contribution in [0.3, 0.4) is 0 Å². The molecule has 0 bridgehead atoms. The monoisotopic (exact) mass is 241 g/mol. The van der Waals surface area contributed by atoms with E-state index >= 15 is 0 Å². The molecule has 0 aromatic rings. The molecule has 2 unspecified atom stereocenters. The summed E-state index contributed by atoms with van der Waals surface area (Å²) in [6.45, 7) is 3.42. The van der Waals surface area contributed by atoms with Crippen molar-refractivity contribution in [2.24, 2.45) is 11.7 Å². The first-order valence-electron chi connectivity index (χ1n) is 6.53. The lowest BCUT2D eigenvalue weighted by atomic mass is 10.0. The van der Waals surface area contributed by atoms with Gasteiger partial charge in [-0.15, -0.1) is 0 Å². The molecule has 0 aromatic heterocycles. The number of morpholine rings is 1. The van der Waals surface area contributed by atoms with Gasteiger partial charge in [-0.05, 0) is 25.3 Å². The van der Waals surface area contributed by atoms with Crippen LogP contribution < -0.4 is 5.73 Å². The molecular formula is C12H23N3O2. The number of carbonyl (C=O) groups is 1. The number of hydrogen-bond acceptors (Lipinski definition) is 3. The second-order valence-corrected chi connectivity index (χ2v) is 4.99. The zero-order chi connectivity index (χ0) is 12.3. The van der Waals surface area contributed by atoms with Gasteiger partial charge in [0, 0.05) is 26.2 Å². The van der Waals surface area contributed by atoms with Crippen LogP contribution in [0.5, 0.6) is 0 Å². The molecule has 1 heterocycles. The van der Waals surface area contributed by atoms with Crippen LogP contribution >= 0.6 is 0 Å². The van der Waals surface area contributed by atoms with Crippen LogP contribution in [0.25, 0.3) is 0 Å². The molecule has 2 fully saturated rings. The Hall–Kier alpha value is -0.810. The zero-order valence-electron chi connectivity index (χ0n) is 10.6. The van der Waals surface area contributed by atoms with E-state index in [1.54, 1.807) is 0 Å². The van der Waals surface area contributed by atoms with E-state index in [-0.39, 0.29) is 6.03 Å². The lowest BCUT2D eigenvalue weighted by Crippen LogP contribution is -2.51. The Morgan fingerprint density at radius 1 is 1.41 bits per heavy atom. The lowest BCUT2D eigenvalue weighted by Gasteiger charge is -2.35. The van der Waals surface area contributed by atoms with E-state index in [0.29, 0.717) is 44.8 Å². The van der Waals surface area contributed by atoms with Gasteiger partial charge in [0.25, 0.3) is 0 Å². The SMILES string of the molecule is CN(C(=O)N1CCOCC1)C1CCCC1CN. The minimum atomic E-state index is 0.138. The molecule has 5 nitrogen and oxygen atoms in total. The number of urea groups is 1. The van der Waals surface area contributed by atoms with Gasteiger partial charge in [-0.3, -0.25) is 0 Å². The Bertz CT molecular complexity index is 266. The molecule has 2 aliphatic rings. The molecule has 1 saturated heterocycles. The second kappa shape index (κ2) is 5.69. The number of carbonyl (C=O) groups excluding carboxylic acids is 1. The van der Waals surface area contributed by atoms with Gasteiger partial charge in [-0.25, -0.2) is 4.79 Å². The summed E-state index contributed by atoms with van der Waals surface area (Å²) in [5.41, 5.74) is 5.77. The molecule has 2 N–H and O–H groups in total. The predicted molar refractivity (Wildman–Crippen MR) is 65.7 cm³/mol. The highest BCUT2D eigenvalue weighted by molar-refractivity contribution is 5.74. The van der Waals surface area contributed by atoms with E-state index in [0.717, 1.165) is 12.8 Å². The minimum Gasteiger partial charge on any atom is -0.378 e. The summed E-state index contributed by atoms with van der Waals surface area (Å²) in [7, 11) is 1.91. The Labute approximate surface area is 103 Å². The molecule has 1 aliphatic heterocycles. The van der Waals surface area contributed by atoms with Crippen molar-refractivity contribution in [1.29, 1.82) is 0 Å². The second-order valence-electron chi connectivity index (χ2n) is 4.99. The van der Waals surface area contributed by atoms with Crippen LogP contribution in [0.2, 0.25) is 0 Å². The summed E-state index contributed by atoms with van der Waals surface area (Å²) >= 11 is 0. The smallest absolute Gasteiger partial charge is 0.320 e. The van der Waals surface area contributed by atoms with Crippen molar-refractivity contribution < 1.29 is 9.53 Å². The molecule has 1 aliphatic carbocycles. The highest BCUT2D eigenvalue weighted by atomic mass is 16.5. The fourth-order valence-corrected chi connectivity index (χ4v) is 2.92. The molecule has 1 saturated carbocycles. The van der Waals surface area contributed by atoms with Crippen LogP contribution in [0.4, 0.5) is 4.79 Å². The summed E-state index contributed by atoms with van der Waals surface area (Å²) in [5, 5.41) is 0. The van der Waals surface area contributed by atoms with Crippen molar-refractivity contribution in [3.05, 3.63) is 0 Å². The Balaban J connectivity index is 1.93. The van der Waals surface area contributed by atoms with Crippen molar-refractivity contribution in [2.45, 2.75) is 25.3 Å². The largest absolute Gasteiger partial charge is 0.378 e. The van der Waals surface area contributed by atoms with Crippen LogP contribution in [-0.4, -0.2) is 61.8 Å². The molecule has 2 rings (SSSR count). The van der Waals surface area contributed by atoms with E-state index in [9.17, 15) is 4.79 Å². The van der Waals surface area contributed by atoms with Gasteiger partial charge in [-0.2, -0.15) is 0 Å². The van der Waals surface area contributed by atoms with Gasteiger partial charge in [-0.1, -0.05) is 6.42 Å². The van der Waals surface area contributed by atoms with E-state index < -0.39 is 0 Å². The van der Waals surface area contributed by atoms with Crippen molar-refractivity contribution in [1.82, 2.24) is 9.80 Å². The Morgan fingerprint density at radius 2 is 2.12 bits per heavy atom. The fraction of sp³-hybridized carbons (Fsp3) is 0.917. The van der Waals surface area contributed by atoms with Crippen molar-refractivity contribution >= 4 is 6.03 Å². The Kier molecular flexibility index (Phi) is 4.23. The quantitative estimate of drug-likeness (QED) is 0.766. The van der Waals surface area contributed by atoms with E-state index in [1.807, 2.05) is 16.8 Å². The van der Waals surface area contributed by atoms with Crippen molar-refractivity contribution in [3.8, 4) is 0 Å². The summed E-state index contributed by atoms with van der Waals surface area (Å²) in [6, 6.07) is 0.467. The van der Waals surface area contributed by atoms with E-state index in [4.69, 9.17) is 10.5 Å². The number of amides is 2. The first-order chi connectivity index (χ1) is 8.24. The number of nitrogens with two attached hydrogens (primary N) is 1. The fourth-order valence-electron chi connectivity index (χ4n) is 2.92. The lowest BCUT2D eigenvalue weighted by molar-refractivity contribution is 0.0405. The van der Waals surface area contributed by atoms with Gasteiger partial charge >= 0.3 is 6.03 Å². The summed E-state index contributed by atoms with van der Waals surface area (Å²) in [6.07, 6.45) is 3.43. The molecule has 2 amide bonds. The normalized spacial score (nSPS) is 29.4. The standard InChI is InChI=1S/C12H23N3O2/c1-14(11-4-2-3-10(11)9-13)12(16)15-5-7-17-8-6-15/h10-11H,2-9,13H2,1H3. The highest BCUT2D eigenvalue weighted by Gasteiger charge is 2.33. The molecule has 0 aromatic carbocycles. The molecule has 17 heavy (non-hydrogen) atoms. The topological polar surface area (TPSA) is 58.8 Å². The van der Waals surface area contributed by atoms with Crippen LogP contribution in [0, 0.1) is 5.92 Å². The van der Waals surface area contributed by atoms with Crippen LogP contribution in [-0.2, 0) is 4.74 Å². The third-order valence-electron chi connectivity index (χ3n) is 4.00. The molecule has 2 atom stereocenters. The molecular weight excluding hydrogens is 218 g/mol. The third-order valence-corrected chi connectivity index (χ3v) is 4.00. The summed E-state index contributed by atoms with van der Waals surface area (Å²) in [5.74, 6) is 0.477. The molecule has 98 valence electrons. The number of nitrogens with zero attached hydrogens (tertiary/aromatic N) is 2. The van der Waals surface area contributed by atoms with Gasteiger partial charge in [0.1, 0.15) is 0 Å². The predicted octanol–water partition coefficient (Wildman–Crippen LogP) is 0.498. The zero-order valence-corrected chi connectivity index (χ0v) is 10.6. The maximum absolute atomic E-state index is 12.3. The Morgan fingerprint density at radius 3 is 2.76 bits per heavy atom. The molecule has 0 spiro atoms. The van der Waals surface area contributed by atoms with Crippen LogP contribution in [0.1, 0.15) is 19.3 Å². The maximum Gasteiger partial charge on any atom is 0.320 e. The third kappa shape index (κ3) is 2.72. The number of rotatable bonds is 2. The first-order valence-corrected chi connectivity index (χ1v) is 6.53. The molecule has 0 radical (unpaired) electrons. The van der Waals surface area contributed by atoms with Crippen molar-refractivity contribution in [2.75, 3.05) is 39.9 Å². The van der Waals surface area contributed by atoms with Gasteiger partial charge in [0.05, 0.1) is 13.2 Å². The van der Waals surface area contributed by atoms with E-state index in [2.05, 4.69) is 0 Å². The van der Waals surface area contributed by atoms with Crippen LogP contribution in [0.15, 0.2) is 0 Å². The van der Waals surface area contributed by atoms with Crippen molar-refractivity contribution in [3.63, 3.8) is 0 Å². The average molecular weight is 241 g/mol. The highest BCUT2D eigenvalue weighted by Crippen LogP contribution is 2.29. The maximum atomic E-state index is 12.3. The summed E-state index contributed by atoms with van der Waals surface area (Å²) < 4.78 is 5.26.